The van der Waals surface area contributed by atoms with E-state index in [4.69, 9.17) is 4.52 Å². The highest BCUT2D eigenvalue weighted by molar-refractivity contribution is 7.08. The van der Waals surface area contributed by atoms with Crippen LogP contribution in [0.2, 0.25) is 0 Å². The molecule has 2 aliphatic rings. The molecule has 1 atom stereocenters. The van der Waals surface area contributed by atoms with Gasteiger partial charge in [-0.1, -0.05) is 5.16 Å². The fourth-order valence-electron chi connectivity index (χ4n) is 3.65. The number of thiophene rings is 1. The lowest BCUT2D eigenvalue weighted by Gasteiger charge is -2.34. The predicted octanol–water partition coefficient (Wildman–Crippen LogP) is 2.76. The average molecular weight is 318 g/mol. The molecule has 0 spiro atoms. The Hall–Kier alpha value is -1.24. The van der Waals surface area contributed by atoms with Crippen molar-refractivity contribution in [1.82, 2.24) is 20.4 Å². The fourth-order valence-corrected chi connectivity index (χ4v) is 4.28. The summed E-state index contributed by atoms with van der Waals surface area (Å²) in [4.78, 5) is 6.96. The zero-order valence-electron chi connectivity index (χ0n) is 12.7. The molecule has 2 aromatic rings. The standard InChI is InChI=1S/C16H22N4OS/c1-2-14(17-6-1)12-3-7-20(8-4-12)10-15-18-16(19-21-15)13-5-9-22-11-13/h5,9,11-12,14,17H,1-4,6-8,10H2. The number of hydrogen-bond donors (Lipinski definition) is 1. The number of hydrogen-bond acceptors (Lipinski definition) is 6. The third-order valence-electron chi connectivity index (χ3n) is 4.91. The predicted molar refractivity (Wildman–Crippen MR) is 86.6 cm³/mol. The van der Waals surface area contributed by atoms with Gasteiger partial charge in [0.2, 0.25) is 11.7 Å². The van der Waals surface area contributed by atoms with Crippen LogP contribution in [-0.2, 0) is 6.54 Å². The first-order chi connectivity index (χ1) is 10.9. The van der Waals surface area contributed by atoms with E-state index in [2.05, 4.69) is 25.7 Å². The van der Waals surface area contributed by atoms with Crippen LogP contribution < -0.4 is 5.32 Å². The molecular weight excluding hydrogens is 296 g/mol. The largest absolute Gasteiger partial charge is 0.338 e. The van der Waals surface area contributed by atoms with Crippen LogP contribution in [0.15, 0.2) is 21.3 Å². The van der Waals surface area contributed by atoms with Crippen LogP contribution >= 0.6 is 11.3 Å². The zero-order valence-corrected chi connectivity index (χ0v) is 13.5. The molecule has 0 aromatic carbocycles. The Kier molecular flexibility index (Phi) is 4.23. The van der Waals surface area contributed by atoms with Crippen LogP contribution in [0.5, 0.6) is 0 Å². The van der Waals surface area contributed by atoms with Crippen molar-refractivity contribution in [1.29, 1.82) is 0 Å². The minimum Gasteiger partial charge on any atom is -0.338 e. The summed E-state index contributed by atoms with van der Waals surface area (Å²) in [5.41, 5.74) is 1.05. The van der Waals surface area contributed by atoms with Crippen molar-refractivity contribution in [2.45, 2.75) is 38.3 Å². The van der Waals surface area contributed by atoms with Crippen molar-refractivity contribution in [2.75, 3.05) is 19.6 Å². The van der Waals surface area contributed by atoms with Gasteiger partial charge in [0.05, 0.1) is 6.54 Å². The van der Waals surface area contributed by atoms with Gasteiger partial charge in [0, 0.05) is 17.0 Å². The van der Waals surface area contributed by atoms with Gasteiger partial charge >= 0.3 is 0 Å². The second-order valence-electron chi connectivity index (χ2n) is 6.34. The van der Waals surface area contributed by atoms with E-state index in [-0.39, 0.29) is 0 Å². The van der Waals surface area contributed by atoms with Crippen LogP contribution in [0.4, 0.5) is 0 Å². The van der Waals surface area contributed by atoms with Gasteiger partial charge in [-0.25, -0.2) is 0 Å². The zero-order chi connectivity index (χ0) is 14.8. The van der Waals surface area contributed by atoms with E-state index in [1.807, 2.05) is 11.4 Å². The van der Waals surface area contributed by atoms with Crippen molar-refractivity contribution < 1.29 is 4.52 Å². The lowest BCUT2D eigenvalue weighted by molar-refractivity contribution is 0.143. The quantitative estimate of drug-likeness (QED) is 0.939. The summed E-state index contributed by atoms with van der Waals surface area (Å²) < 4.78 is 5.41. The molecule has 1 N–H and O–H groups in total. The molecule has 6 heteroatoms. The van der Waals surface area contributed by atoms with Gasteiger partial charge in [-0.15, -0.1) is 0 Å². The highest BCUT2D eigenvalue weighted by Crippen LogP contribution is 2.26. The van der Waals surface area contributed by atoms with E-state index >= 15 is 0 Å². The number of nitrogens with zero attached hydrogens (tertiary/aromatic N) is 3. The van der Waals surface area contributed by atoms with Gasteiger partial charge in [-0.05, 0) is 62.7 Å². The minimum absolute atomic E-state index is 0.710. The Bertz CT molecular complexity index is 583. The maximum atomic E-state index is 5.41. The molecule has 0 saturated carbocycles. The van der Waals surface area contributed by atoms with E-state index < -0.39 is 0 Å². The summed E-state index contributed by atoms with van der Waals surface area (Å²) in [5, 5.41) is 11.8. The molecule has 2 saturated heterocycles. The Balaban J connectivity index is 1.31. The van der Waals surface area contributed by atoms with Gasteiger partial charge in [0.15, 0.2) is 0 Å². The first-order valence-electron chi connectivity index (χ1n) is 8.19. The fraction of sp³-hybridized carbons (Fsp3) is 0.625. The van der Waals surface area contributed by atoms with Gasteiger partial charge < -0.3 is 9.84 Å². The topological polar surface area (TPSA) is 54.2 Å². The van der Waals surface area contributed by atoms with Gasteiger partial charge in [0.25, 0.3) is 0 Å². The van der Waals surface area contributed by atoms with Gasteiger partial charge in [-0.2, -0.15) is 16.3 Å². The van der Waals surface area contributed by atoms with Crippen molar-refractivity contribution in [3.63, 3.8) is 0 Å². The van der Waals surface area contributed by atoms with Crippen molar-refractivity contribution in [3.05, 3.63) is 22.7 Å². The Morgan fingerprint density at radius 2 is 2.23 bits per heavy atom. The molecule has 1 unspecified atom stereocenters. The molecule has 118 valence electrons. The first kappa shape index (κ1) is 14.4. The number of likely N-dealkylation sites (tertiary alicyclic amines) is 1. The molecule has 4 heterocycles. The second-order valence-corrected chi connectivity index (χ2v) is 7.12. The highest BCUT2D eigenvalue weighted by atomic mass is 32.1. The van der Waals surface area contributed by atoms with E-state index in [9.17, 15) is 0 Å². The second kappa shape index (κ2) is 6.48. The van der Waals surface area contributed by atoms with Crippen LogP contribution in [0.3, 0.4) is 0 Å². The van der Waals surface area contributed by atoms with E-state index in [0.717, 1.165) is 43.0 Å². The molecular formula is C16H22N4OS. The highest BCUT2D eigenvalue weighted by Gasteiger charge is 2.28. The summed E-state index contributed by atoms with van der Waals surface area (Å²) in [6.07, 6.45) is 5.27. The molecule has 2 fully saturated rings. The molecule has 2 aromatic heterocycles. The third kappa shape index (κ3) is 3.09. The Morgan fingerprint density at radius 1 is 1.32 bits per heavy atom. The Morgan fingerprint density at radius 3 is 2.95 bits per heavy atom. The molecule has 0 bridgehead atoms. The van der Waals surface area contributed by atoms with Crippen molar-refractivity contribution in [2.24, 2.45) is 5.92 Å². The molecule has 5 nitrogen and oxygen atoms in total. The maximum absolute atomic E-state index is 5.41. The smallest absolute Gasteiger partial charge is 0.241 e. The van der Waals surface area contributed by atoms with Crippen LogP contribution in [0.25, 0.3) is 11.4 Å². The molecule has 2 aliphatic heterocycles. The number of aromatic nitrogens is 2. The van der Waals surface area contributed by atoms with Gasteiger partial charge in [0.1, 0.15) is 0 Å². The normalized spacial score (nSPS) is 24.1. The average Bonchev–Trinajstić information content (AvgIpc) is 3.30. The lowest BCUT2D eigenvalue weighted by Crippen LogP contribution is -2.40. The number of nitrogens with one attached hydrogen (secondary N) is 1. The molecule has 4 rings (SSSR count). The van der Waals surface area contributed by atoms with E-state index in [0.29, 0.717) is 5.82 Å². The van der Waals surface area contributed by atoms with Crippen LogP contribution in [-0.4, -0.2) is 40.7 Å². The Labute approximate surface area is 134 Å². The molecule has 0 radical (unpaired) electrons. The number of rotatable bonds is 4. The molecule has 0 aliphatic carbocycles. The SMILES string of the molecule is c1cc(-c2noc(CN3CCC(C4CCCN4)CC3)n2)cs1. The van der Waals surface area contributed by atoms with E-state index in [1.54, 1.807) is 11.3 Å². The molecule has 22 heavy (non-hydrogen) atoms. The minimum atomic E-state index is 0.710. The first-order valence-corrected chi connectivity index (χ1v) is 9.13. The van der Waals surface area contributed by atoms with Crippen LogP contribution in [0, 0.1) is 5.92 Å². The summed E-state index contributed by atoms with van der Waals surface area (Å²) in [6.45, 7) is 4.26. The summed E-state index contributed by atoms with van der Waals surface area (Å²) in [7, 11) is 0. The van der Waals surface area contributed by atoms with E-state index in [1.165, 1.54) is 32.2 Å². The van der Waals surface area contributed by atoms with Crippen molar-refractivity contribution in [3.8, 4) is 11.4 Å². The van der Waals surface area contributed by atoms with Crippen LogP contribution in [0.1, 0.15) is 31.6 Å². The lowest BCUT2D eigenvalue weighted by atomic mass is 9.88. The summed E-state index contributed by atoms with van der Waals surface area (Å²) in [5.74, 6) is 2.29. The summed E-state index contributed by atoms with van der Waals surface area (Å²) in [6, 6.07) is 2.79. The van der Waals surface area contributed by atoms with Gasteiger partial charge in [-0.3, -0.25) is 4.90 Å². The third-order valence-corrected chi connectivity index (χ3v) is 5.59. The summed E-state index contributed by atoms with van der Waals surface area (Å²) >= 11 is 1.65. The maximum Gasteiger partial charge on any atom is 0.241 e. The molecule has 0 amide bonds. The van der Waals surface area contributed by atoms with Crippen molar-refractivity contribution >= 4 is 11.3 Å². The monoisotopic (exact) mass is 318 g/mol. The number of piperidine rings is 1.